The summed E-state index contributed by atoms with van der Waals surface area (Å²) in [6.07, 6.45) is 1.85. The summed E-state index contributed by atoms with van der Waals surface area (Å²) < 4.78 is 10.2. The summed E-state index contributed by atoms with van der Waals surface area (Å²) in [7, 11) is 0. The van der Waals surface area contributed by atoms with Crippen molar-refractivity contribution in [3.63, 3.8) is 0 Å². The van der Waals surface area contributed by atoms with E-state index in [9.17, 15) is 4.79 Å². The zero-order chi connectivity index (χ0) is 12.7. The van der Waals surface area contributed by atoms with E-state index < -0.39 is 0 Å². The molecule has 17 heavy (non-hydrogen) atoms. The van der Waals surface area contributed by atoms with E-state index in [1.165, 1.54) is 0 Å². The molecule has 1 aromatic carbocycles. The number of unbranched alkanes of at least 4 members (excludes halogenated alkanes) is 1. The highest BCUT2D eigenvalue weighted by atomic mass is 35.5. The number of rotatable bonds is 6. The lowest BCUT2D eigenvalue weighted by Gasteiger charge is -2.07. The summed E-state index contributed by atoms with van der Waals surface area (Å²) >= 11 is 11.6. The Morgan fingerprint density at radius 1 is 1.29 bits per heavy atom. The Kier molecular flexibility index (Phi) is 6.16. The molecular weight excluding hydrogens is 263 g/mol. The van der Waals surface area contributed by atoms with Crippen LogP contribution in [0, 0.1) is 0 Å². The van der Waals surface area contributed by atoms with E-state index in [-0.39, 0.29) is 12.6 Å². The maximum atomic E-state index is 11.2. The van der Waals surface area contributed by atoms with Crippen molar-refractivity contribution in [1.29, 1.82) is 0 Å². The molecule has 0 aliphatic carbocycles. The van der Waals surface area contributed by atoms with Gasteiger partial charge < -0.3 is 9.47 Å². The van der Waals surface area contributed by atoms with E-state index in [4.69, 9.17) is 32.7 Å². The maximum absolute atomic E-state index is 11.2. The van der Waals surface area contributed by atoms with Gasteiger partial charge in [0.05, 0.1) is 16.7 Å². The summed E-state index contributed by atoms with van der Waals surface area (Å²) in [4.78, 5) is 11.2. The minimum atomic E-state index is -0.385. The first-order valence-corrected chi connectivity index (χ1v) is 6.12. The molecule has 94 valence electrons. The van der Waals surface area contributed by atoms with Crippen molar-refractivity contribution in [1.82, 2.24) is 0 Å². The summed E-state index contributed by atoms with van der Waals surface area (Å²) in [6, 6.07) is 4.82. The molecule has 0 aliphatic heterocycles. The Bertz CT molecular complexity index is 380. The molecular formula is C12H14Cl2O3. The molecule has 0 radical (unpaired) electrons. The molecule has 0 saturated carbocycles. The third-order valence-corrected chi connectivity index (χ3v) is 2.75. The second-order valence-corrected chi connectivity index (χ2v) is 4.25. The number of esters is 1. The van der Waals surface area contributed by atoms with Crippen molar-refractivity contribution >= 4 is 29.2 Å². The number of halogens is 2. The smallest absolute Gasteiger partial charge is 0.344 e. The van der Waals surface area contributed by atoms with Gasteiger partial charge in [0.25, 0.3) is 0 Å². The standard InChI is InChI=1S/C12H14Cl2O3/c1-2-3-6-16-12(15)8-17-9-4-5-10(13)11(14)7-9/h4-5,7H,2-3,6,8H2,1H3. The van der Waals surface area contributed by atoms with Gasteiger partial charge in [0.1, 0.15) is 5.75 Å². The molecule has 0 saturated heterocycles. The van der Waals surface area contributed by atoms with Crippen molar-refractivity contribution in [3.05, 3.63) is 28.2 Å². The van der Waals surface area contributed by atoms with Crippen LogP contribution in [0.5, 0.6) is 5.75 Å². The van der Waals surface area contributed by atoms with E-state index in [1.54, 1.807) is 18.2 Å². The van der Waals surface area contributed by atoms with E-state index in [0.717, 1.165) is 12.8 Å². The second kappa shape index (κ2) is 7.41. The molecule has 0 spiro atoms. The number of ether oxygens (including phenoxy) is 2. The summed E-state index contributed by atoms with van der Waals surface area (Å²) in [6.45, 7) is 2.34. The molecule has 3 nitrogen and oxygen atoms in total. The Balaban J connectivity index is 2.34. The number of hydrogen-bond donors (Lipinski definition) is 0. The predicted molar refractivity (Wildman–Crippen MR) is 67.8 cm³/mol. The molecule has 0 N–H and O–H groups in total. The molecule has 0 amide bonds. The monoisotopic (exact) mass is 276 g/mol. The lowest BCUT2D eigenvalue weighted by molar-refractivity contribution is -0.146. The largest absolute Gasteiger partial charge is 0.482 e. The molecule has 0 unspecified atom stereocenters. The van der Waals surface area contributed by atoms with Gasteiger partial charge in [-0.1, -0.05) is 36.5 Å². The van der Waals surface area contributed by atoms with Crippen LogP contribution in [0.2, 0.25) is 10.0 Å². The number of carbonyl (C=O) groups excluding carboxylic acids is 1. The van der Waals surface area contributed by atoms with Crippen molar-refractivity contribution in [2.24, 2.45) is 0 Å². The van der Waals surface area contributed by atoms with Crippen LogP contribution in [0.25, 0.3) is 0 Å². The van der Waals surface area contributed by atoms with Crippen LogP contribution in [-0.2, 0) is 9.53 Å². The quantitative estimate of drug-likeness (QED) is 0.587. The average Bonchev–Trinajstić information content (AvgIpc) is 2.31. The van der Waals surface area contributed by atoms with Gasteiger partial charge in [-0.15, -0.1) is 0 Å². The lowest BCUT2D eigenvalue weighted by atomic mass is 10.3. The maximum Gasteiger partial charge on any atom is 0.344 e. The van der Waals surface area contributed by atoms with Crippen LogP contribution >= 0.6 is 23.2 Å². The molecule has 0 heterocycles. The molecule has 0 aromatic heterocycles. The Morgan fingerprint density at radius 3 is 2.71 bits per heavy atom. The first-order valence-electron chi connectivity index (χ1n) is 5.37. The topological polar surface area (TPSA) is 35.5 Å². The minimum Gasteiger partial charge on any atom is -0.482 e. The van der Waals surface area contributed by atoms with Crippen molar-refractivity contribution in [2.45, 2.75) is 19.8 Å². The highest BCUT2D eigenvalue weighted by molar-refractivity contribution is 6.42. The fourth-order valence-electron chi connectivity index (χ4n) is 1.08. The van der Waals surface area contributed by atoms with Crippen LogP contribution < -0.4 is 4.74 Å². The third kappa shape index (κ3) is 5.29. The van der Waals surface area contributed by atoms with Crippen LogP contribution in [0.3, 0.4) is 0 Å². The highest BCUT2D eigenvalue weighted by Gasteiger charge is 2.05. The Labute approximate surface area is 111 Å². The van der Waals surface area contributed by atoms with Crippen molar-refractivity contribution in [3.8, 4) is 5.75 Å². The average molecular weight is 277 g/mol. The van der Waals surface area contributed by atoms with Crippen molar-refractivity contribution < 1.29 is 14.3 Å². The fraction of sp³-hybridized carbons (Fsp3) is 0.417. The lowest BCUT2D eigenvalue weighted by Crippen LogP contribution is -2.15. The second-order valence-electron chi connectivity index (χ2n) is 3.44. The van der Waals surface area contributed by atoms with Gasteiger partial charge in [-0.05, 0) is 18.6 Å². The van der Waals surface area contributed by atoms with Gasteiger partial charge in [-0.2, -0.15) is 0 Å². The van der Waals surface area contributed by atoms with E-state index in [1.807, 2.05) is 6.92 Å². The molecule has 5 heteroatoms. The number of carbonyl (C=O) groups is 1. The zero-order valence-electron chi connectivity index (χ0n) is 9.54. The van der Waals surface area contributed by atoms with E-state index in [0.29, 0.717) is 22.4 Å². The minimum absolute atomic E-state index is 0.123. The van der Waals surface area contributed by atoms with Crippen molar-refractivity contribution in [2.75, 3.05) is 13.2 Å². The summed E-state index contributed by atoms with van der Waals surface area (Å²) in [5.41, 5.74) is 0. The highest BCUT2D eigenvalue weighted by Crippen LogP contribution is 2.26. The molecule has 1 rings (SSSR count). The summed E-state index contributed by atoms with van der Waals surface area (Å²) in [5.74, 6) is 0.108. The zero-order valence-corrected chi connectivity index (χ0v) is 11.1. The van der Waals surface area contributed by atoms with Crippen LogP contribution in [0.1, 0.15) is 19.8 Å². The van der Waals surface area contributed by atoms with Gasteiger partial charge >= 0.3 is 5.97 Å². The predicted octanol–water partition coefficient (Wildman–Crippen LogP) is 3.72. The molecule has 0 aliphatic rings. The van der Waals surface area contributed by atoms with E-state index >= 15 is 0 Å². The van der Waals surface area contributed by atoms with Crippen LogP contribution in [0.15, 0.2) is 18.2 Å². The van der Waals surface area contributed by atoms with Gasteiger partial charge in [0, 0.05) is 6.07 Å². The molecule has 0 bridgehead atoms. The molecule has 1 aromatic rings. The van der Waals surface area contributed by atoms with Gasteiger partial charge in [-0.25, -0.2) is 4.79 Å². The number of hydrogen-bond acceptors (Lipinski definition) is 3. The van der Waals surface area contributed by atoms with E-state index in [2.05, 4.69) is 0 Å². The van der Waals surface area contributed by atoms with Gasteiger partial charge in [0.15, 0.2) is 6.61 Å². The third-order valence-electron chi connectivity index (χ3n) is 2.01. The van der Waals surface area contributed by atoms with Crippen LogP contribution in [0.4, 0.5) is 0 Å². The van der Waals surface area contributed by atoms with Gasteiger partial charge in [0.2, 0.25) is 0 Å². The fourth-order valence-corrected chi connectivity index (χ4v) is 1.37. The molecule has 0 atom stereocenters. The summed E-state index contributed by atoms with van der Waals surface area (Å²) in [5, 5.41) is 0.841. The van der Waals surface area contributed by atoms with Gasteiger partial charge in [-0.3, -0.25) is 0 Å². The molecule has 0 fully saturated rings. The normalized spacial score (nSPS) is 10.1. The first-order chi connectivity index (χ1) is 8.13. The Hall–Kier alpha value is -0.930. The first kappa shape index (κ1) is 14.1. The SMILES string of the molecule is CCCCOC(=O)COc1ccc(Cl)c(Cl)c1. The van der Waals surface area contributed by atoms with Crippen LogP contribution in [-0.4, -0.2) is 19.2 Å². The number of benzene rings is 1. The Morgan fingerprint density at radius 2 is 2.06 bits per heavy atom.